The maximum absolute atomic E-state index is 3.58. The third kappa shape index (κ3) is 3.55. The molecular formula is C10H22N2. The van der Waals surface area contributed by atoms with Gasteiger partial charge in [-0.2, -0.15) is 0 Å². The molecule has 0 saturated heterocycles. The molecule has 2 heteroatoms. The van der Waals surface area contributed by atoms with Crippen LogP contribution < -0.4 is 10.6 Å². The van der Waals surface area contributed by atoms with Crippen LogP contribution >= 0.6 is 0 Å². The summed E-state index contributed by atoms with van der Waals surface area (Å²) in [6, 6.07) is 0.804. The molecule has 0 heterocycles. The van der Waals surface area contributed by atoms with Crippen LogP contribution in [0, 0.1) is 5.92 Å². The molecule has 0 amide bonds. The van der Waals surface area contributed by atoms with Gasteiger partial charge < -0.3 is 10.6 Å². The van der Waals surface area contributed by atoms with Gasteiger partial charge in [-0.25, -0.2) is 0 Å². The Morgan fingerprint density at radius 3 is 2.67 bits per heavy atom. The van der Waals surface area contributed by atoms with E-state index in [-0.39, 0.29) is 0 Å². The van der Waals surface area contributed by atoms with Crippen molar-refractivity contribution in [3.63, 3.8) is 0 Å². The molecule has 0 radical (unpaired) electrons. The molecule has 2 nitrogen and oxygen atoms in total. The van der Waals surface area contributed by atoms with E-state index in [0.717, 1.165) is 31.6 Å². The van der Waals surface area contributed by atoms with Crippen molar-refractivity contribution in [2.24, 2.45) is 5.92 Å². The van der Waals surface area contributed by atoms with Gasteiger partial charge in [0.15, 0.2) is 0 Å². The van der Waals surface area contributed by atoms with Gasteiger partial charge in [0.25, 0.3) is 0 Å². The zero-order valence-corrected chi connectivity index (χ0v) is 8.40. The maximum atomic E-state index is 3.58. The second kappa shape index (κ2) is 5.55. The highest BCUT2D eigenvalue weighted by molar-refractivity contribution is 4.78. The van der Waals surface area contributed by atoms with Gasteiger partial charge in [-0.3, -0.25) is 0 Å². The summed E-state index contributed by atoms with van der Waals surface area (Å²) in [5, 5.41) is 6.91. The average Bonchev–Trinajstić information content (AvgIpc) is 2.45. The molecule has 1 aliphatic rings. The van der Waals surface area contributed by atoms with Gasteiger partial charge in [-0.15, -0.1) is 0 Å². The molecular weight excluding hydrogens is 148 g/mol. The zero-order chi connectivity index (χ0) is 8.81. The lowest BCUT2D eigenvalue weighted by Crippen LogP contribution is -2.33. The van der Waals surface area contributed by atoms with Gasteiger partial charge in [0, 0.05) is 19.1 Å². The highest BCUT2D eigenvalue weighted by atomic mass is 15.0. The van der Waals surface area contributed by atoms with Gasteiger partial charge in [0.1, 0.15) is 0 Å². The van der Waals surface area contributed by atoms with Crippen molar-refractivity contribution in [2.45, 2.75) is 39.2 Å². The first-order valence-electron chi connectivity index (χ1n) is 5.27. The number of hydrogen-bond acceptors (Lipinski definition) is 2. The Kier molecular flexibility index (Phi) is 4.62. The number of nitrogens with one attached hydrogen (secondary N) is 2. The van der Waals surface area contributed by atoms with Gasteiger partial charge in [0.05, 0.1) is 0 Å². The van der Waals surface area contributed by atoms with Gasteiger partial charge in [0.2, 0.25) is 0 Å². The molecule has 0 bridgehead atoms. The Labute approximate surface area is 76.1 Å². The van der Waals surface area contributed by atoms with E-state index in [4.69, 9.17) is 0 Å². The topological polar surface area (TPSA) is 24.1 Å². The van der Waals surface area contributed by atoms with Crippen LogP contribution in [0.4, 0.5) is 0 Å². The standard InChI is InChI=1S/C10H22N2/c1-3-11-6-7-12-10-5-4-9(2)8-10/h9-12H,3-8H2,1-2H3. The Bertz CT molecular complexity index is 114. The number of rotatable bonds is 5. The summed E-state index contributed by atoms with van der Waals surface area (Å²) in [6.07, 6.45) is 4.18. The predicted molar refractivity (Wildman–Crippen MR) is 53.3 cm³/mol. The van der Waals surface area contributed by atoms with Crippen LogP contribution in [-0.2, 0) is 0 Å². The van der Waals surface area contributed by atoms with E-state index >= 15 is 0 Å². The second-order valence-electron chi connectivity index (χ2n) is 3.92. The van der Waals surface area contributed by atoms with E-state index in [1.165, 1.54) is 19.3 Å². The van der Waals surface area contributed by atoms with Crippen molar-refractivity contribution < 1.29 is 0 Å². The third-order valence-electron chi connectivity index (χ3n) is 2.68. The molecule has 1 rings (SSSR count). The maximum Gasteiger partial charge on any atom is 0.00793 e. The van der Waals surface area contributed by atoms with Crippen LogP contribution in [-0.4, -0.2) is 25.7 Å². The van der Waals surface area contributed by atoms with Crippen LogP contribution in [0.25, 0.3) is 0 Å². The van der Waals surface area contributed by atoms with Crippen molar-refractivity contribution in [3.05, 3.63) is 0 Å². The highest BCUT2D eigenvalue weighted by Crippen LogP contribution is 2.24. The summed E-state index contributed by atoms with van der Waals surface area (Å²) in [5.74, 6) is 0.946. The monoisotopic (exact) mass is 170 g/mol. The Morgan fingerprint density at radius 1 is 1.25 bits per heavy atom. The molecule has 2 unspecified atom stereocenters. The normalized spacial score (nSPS) is 29.5. The lowest BCUT2D eigenvalue weighted by molar-refractivity contribution is 0.495. The van der Waals surface area contributed by atoms with E-state index in [1.54, 1.807) is 0 Å². The Morgan fingerprint density at radius 2 is 2.08 bits per heavy atom. The fraction of sp³-hybridized carbons (Fsp3) is 1.00. The molecule has 2 atom stereocenters. The van der Waals surface area contributed by atoms with Gasteiger partial charge in [-0.1, -0.05) is 13.8 Å². The molecule has 72 valence electrons. The van der Waals surface area contributed by atoms with Gasteiger partial charge >= 0.3 is 0 Å². The molecule has 1 saturated carbocycles. The fourth-order valence-electron chi connectivity index (χ4n) is 1.93. The minimum absolute atomic E-state index is 0.804. The van der Waals surface area contributed by atoms with Crippen LogP contribution in [0.15, 0.2) is 0 Å². The molecule has 2 N–H and O–H groups in total. The largest absolute Gasteiger partial charge is 0.316 e. The van der Waals surface area contributed by atoms with Crippen molar-refractivity contribution in [2.75, 3.05) is 19.6 Å². The predicted octanol–water partition coefficient (Wildman–Crippen LogP) is 1.37. The van der Waals surface area contributed by atoms with Crippen LogP contribution in [0.1, 0.15) is 33.1 Å². The molecule has 0 aromatic carbocycles. The van der Waals surface area contributed by atoms with Crippen LogP contribution in [0.5, 0.6) is 0 Å². The summed E-state index contributed by atoms with van der Waals surface area (Å²) in [7, 11) is 0. The summed E-state index contributed by atoms with van der Waals surface area (Å²) in [5.41, 5.74) is 0. The summed E-state index contributed by atoms with van der Waals surface area (Å²) >= 11 is 0. The quantitative estimate of drug-likeness (QED) is 0.609. The highest BCUT2D eigenvalue weighted by Gasteiger charge is 2.19. The van der Waals surface area contributed by atoms with E-state index in [0.29, 0.717) is 0 Å². The molecule has 1 aliphatic carbocycles. The van der Waals surface area contributed by atoms with Gasteiger partial charge in [-0.05, 0) is 31.7 Å². The molecule has 0 aliphatic heterocycles. The molecule has 0 spiro atoms. The molecule has 0 aromatic rings. The smallest absolute Gasteiger partial charge is 0.00793 e. The number of hydrogen-bond donors (Lipinski definition) is 2. The fourth-order valence-corrected chi connectivity index (χ4v) is 1.93. The first-order valence-corrected chi connectivity index (χ1v) is 5.27. The lowest BCUT2D eigenvalue weighted by Gasteiger charge is -2.11. The third-order valence-corrected chi connectivity index (χ3v) is 2.68. The van der Waals surface area contributed by atoms with E-state index < -0.39 is 0 Å². The minimum Gasteiger partial charge on any atom is -0.316 e. The van der Waals surface area contributed by atoms with E-state index in [2.05, 4.69) is 24.5 Å². The Hall–Kier alpha value is -0.0800. The summed E-state index contributed by atoms with van der Waals surface area (Å²) < 4.78 is 0. The van der Waals surface area contributed by atoms with Crippen molar-refractivity contribution in [3.8, 4) is 0 Å². The first-order chi connectivity index (χ1) is 5.83. The minimum atomic E-state index is 0.804. The average molecular weight is 170 g/mol. The van der Waals surface area contributed by atoms with E-state index in [1.807, 2.05) is 0 Å². The molecule has 1 fully saturated rings. The first kappa shape index (κ1) is 10.0. The zero-order valence-electron chi connectivity index (χ0n) is 8.40. The van der Waals surface area contributed by atoms with Crippen LogP contribution in [0.3, 0.4) is 0 Å². The lowest BCUT2D eigenvalue weighted by atomic mass is 10.1. The van der Waals surface area contributed by atoms with Crippen molar-refractivity contribution in [1.29, 1.82) is 0 Å². The molecule has 0 aromatic heterocycles. The van der Waals surface area contributed by atoms with Crippen molar-refractivity contribution >= 4 is 0 Å². The summed E-state index contributed by atoms with van der Waals surface area (Å²) in [6.45, 7) is 7.83. The van der Waals surface area contributed by atoms with E-state index in [9.17, 15) is 0 Å². The molecule has 12 heavy (non-hydrogen) atoms. The number of likely N-dealkylation sites (N-methyl/N-ethyl adjacent to an activating group) is 1. The summed E-state index contributed by atoms with van der Waals surface area (Å²) in [4.78, 5) is 0. The Balaban J connectivity index is 1.93. The van der Waals surface area contributed by atoms with Crippen molar-refractivity contribution in [1.82, 2.24) is 10.6 Å². The van der Waals surface area contributed by atoms with Crippen LogP contribution in [0.2, 0.25) is 0 Å². The SMILES string of the molecule is CCNCCNC1CCC(C)C1. The second-order valence-corrected chi connectivity index (χ2v) is 3.92.